The summed E-state index contributed by atoms with van der Waals surface area (Å²) in [4.78, 5) is 0.507. The third-order valence-electron chi connectivity index (χ3n) is 2.67. The summed E-state index contributed by atoms with van der Waals surface area (Å²) in [6, 6.07) is 4.07. The molecule has 0 aliphatic carbocycles. The van der Waals surface area contributed by atoms with E-state index in [1.54, 1.807) is 0 Å². The van der Waals surface area contributed by atoms with Gasteiger partial charge >= 0.3 is 0 Å². The monoisotopic (exact) mass is 307 g/mol. The Morgan fingerprint density at radius 2 is 2.26 bits per heavy atom. The number of hydrogen-bond donors (Lipinski definition) is 2. The van der Waals surface area contributed by atoms with E-state index in [0.29, 0.717) is 17.1 Å². The average molecular weight is 308 g/mol. The molecule has 0 fully saturated rings. The van der Waals surface area contributed by atoms with Crippen LogP contribution in [0.15, 0.2) is 23.1 Å². The van der Waals surface area contributed by atoms with Crippen molar-refractivity contribution < 1.29 is 13.7 Å². The Balaban J connectivity index is 2.66. The lowest BCUT2D eigenvalue weighted by atomic mass is 10.2. The number of aliphatic hydroxyl groups excluding tert-OH is 1. The van der Waals surface area contributed by atoms with Crippen LogP contribution in [0.1, 0.15) is 19.8 Å². The van der Waals surface area contributed by atoms with Crippen molar-refractivity contribution in [2.24, 2.45) is 0 Å². The first-order valence-corrected chi connectivity index (χ1v) is 7.95. The summed E-state index contributed by atoms with van der Waals surface area (Å²) < 4.78 is 25.2. The SMILES string of the molecule is CCCNC(CCO)CS(=O)c1ccc(F)c(Cl)c1. The molecule has 3 nitrogen and oxygen atoms in total. The lowest BCUT2D eigenvalue weighted by Gasteiger charge is -2.17. The van der Waals surface area contributed by atoms with Crippen LogP contribution in [0.5, 0.6) is 0 Å². The Morgan fingerprint density at radius 3 is 2.84 bits per heavy atom. The number of rotatable bonds is 8. The van der Waals surface area contributed by atoms with Gasteiger partial charge in [0.05, 0.1) is 15.8 Å². The maximum absolute atomic E-state index is 13.0. The third-order valence-corrected chi connectivity index (χ3v) is 4.44. The van der Waals surface area contributed by atoms with Crippen molar-refractivity contribution in [2.75, 3.05) is 18.9 Å². The quantitative estimate of drug-likeness (QED) is 0.775. The average Bonchev–Trinajstić information content (AvgIpc) is 2.39. The van der Waals surface area contributed by atoms with E-state index < -0.39 is 16.6 Å². The summed E-state index contributed by atoms with van der Waals surface area (Å²) in [6.45, 7) is 2.90. The van der Waals surface area contributed by atoms with Crippen LogP contribution in [-0.2, 0) is 10.8 Å². The van der Waals surface area contributed by atoms with Crippen molar-refractivity contribution in [2.45, 2.75) is 30.7 Å². The van der Waals surface area contributed by atoms with Crippen molar-refractivity contribution in [3.05, 3.63) is 29.0 Å². The number of nitrogens with one attached hydrogen (secondary N) is 1. The Bertz CT molecular complexity index is 431. The Labute approximate surface area is 120 Å². The van der Waals surface area contributed by atoms with E-state index in [9.17, 15) is 8.60 Å². The highest BCUT2D eigenvalue weighted by Gasteiger charge is 2.14. The highest BCUT2D eigenvalue weighted by atomic mass is 35.5. The summed E-state index contributed by atoms with van der Waals surface area (Å²) in [5, 5.41) is 12.2. The molecule has 0 aliphatic rings. The smallest absolute Gasteiger partial charge is 0.141 e. The third kappa shape index (κ3) is 5.57. The van der Waals surface area contributed by atoms with Crippen LogP contribution in [0.2, 0.25) is 5.02 Å². The van der Waals surface area contributed by atoms with Crippen LogP contribution in [0.3, 0.4) is 0 Å². The van der Waals surface area contributed by atoms with E-state index in [4.69, 9.17) is 16.7 Å². The molecule has 1 rings (SSSR count). The van der Waals surface area contributed by atoms with E-state index >= 15 is 0 Å². The number of aliphatic hydroxyl groups is 1. The second kappa shape index (κ2) is 8.64. The van der Waals surface area contributed by atoms with E-state index in [2.05, 4.69) is 5.32 Å². The maximum atomic E-state index is 13.0. The fraction of sp³-hybridized carbons (Fsp3) is 0.538. The van der Waals surface area contributed by atoms with Gasteiger partial charge < -0.3 is 10.4 Å². The normalized spacial score (nSPS) is 14.3. The molecule has 0 aliphatic heterocycles. The molecule has 0 saturated heterocycles. The zero-order valence-electron chi connectivity index (χ0n) is 10.9. The summed E-state index contributed by atoms with van der Waals surface area (Å²) in [5.74, 6) is -0.138. The molecule has 6 heteroatoms. The molecule has 2 unspecified atom stereocenters. The molecule has 0 radical (unpaired) electrons. The van der Waals surface area contributed by atoms with Gasteiger partial charge in [-0.1, -0.05) is 18.5 Å². The largest absolute Gasteiger partial charge is 0.396 e. The summed E-state index contributed by atoms with van der Waals surface area (Å²) in [7, 11) is -1.26. The molecule has 1 aromatic carbocycles. The molecule has 0 saturated carbocycles. The highest BCUT2D eigenvalue weighted by Crippen LogP contribution is 2.19. The Morgan fingerprint density at radius 1 is 1.53 bits per heavy atom. The van der Waals surface area contributed by atoms with Crippen molar-refractivity contribution in [3.63, 3.8) is 0 Å². The number of benzene rings is 1. The van der Waals surface area contributed by atoms with Crippen LogP contribution < -0.4 is 5.32 Å². The fourth-order valence-electron chi connectivity index (χ4n) is 1.65. The molecular weight excluding hydrogens is 289 g/mol. The van der Waals surface area contributed by atoms with Crippen molar-refractivity contribution in [1.29, 1.82) is 0 Å². The van der Waals surface area contributed by atoms with E-state index in [1.165, 1.54) is 18.2 Å². The minimum Gasteiger partial charge on any atom is -0.396 e. The van der Waals surface area contributed by atoms with Crippen molar-refractivity contribution in [1.82, 2.24) is 5.32 Å². The maximum Gasteiger partial charge on any atom is 0.141 e. The molecule has 0 heterocycles. The van der Waals surface area contributed by atoms with Crippen LogP contribution in [0, 0.1) is 5.82 Å². The first kappa shape index (κ1) is 16.6. The fourth-order valence-corrected chi connectivity index (χ4v) is 3.20. The summed E-state index contributed by atoms with van der Waals surface area (Å²) in [6.07, 6.45) is 1.51. The first-order valence-electron chi connectivity index (χ1n) is 6.26. The van der Waals surface area contributed by atoms with Gasteiger partial charge in [-0.05, 0) is 37.6 Å². The molecule has 2 atom stereocenters. The van der Waals surface area contributed by atoms with Gasteiger partial charge in [0.25, 0.3) is 0 Å². The van der Waals surface area contributed by atoms with Crippen LogP contribution in [-0.4, -0.2) is 34.3 Å². The van der Waals surface area contributed by atoms with E-state index in [0.717, 1.165) is 13.0 Å². The molecule has 2 N–H and O–H groups in total. The molecule has 1 aromatic rings. The standard InChI is InChI=1S/C13H19ClFNO2S/c1-2-6-16-10(5-7-17)9-19(18)11-3-4-13(15)12(14)8-11/h3-4,8,10,16-17H,2,5-7,9H2,1H3. The molecule has 108 valence electrons. The minimum absolute atomic E-state index is 0.0189. The van der Waals surface area contributed by atoms with Gasteiger partial charge in [0.1, 0.15) is 5.82 Å². The predicted octanol–water partition coefficient (Wildman–Crippen LogP) is 2.34. The van der Waals surface area contributed by atoms with Gasteiger partial charge in [0.2, 0.25) is 0 Å². The number of hydrogen-bond acceptors (Lipinski definition) is 3. The topological polar surface area (TPSA) is 49.3 Å². The second-order valence-corrected chi connectivity index (χ2v) is 6.15. The summed E-state index contributed by atoms with van der Waals surface area (Å²) >= 11 is 5.67. The zero-order chi connectivity index (χ0) is 14.3. The van der Waals surface area contributed by atoms with E-state index in [1.807, 2.05) is 6.92 Å². The Hall–Kier alpha value is -0.490. The van der Waals surface area contributed by atoms with Crippen LogP contribution >= 0.6 is 11.6 Å². The number of halogens is 2. The molecular formula is C13H19ClFNO2S. The van der Waals surface area contributed by atoms with Crippen LogP contribution in [0.4, 0.5) is 4.39 Å². The van der Waals surface area contributed by atoms with Crippen LogP contribution in [0.25, 0.3) is 0 Å². The zero-order valence-corrected chi connectivity index (χ0v) is 12.4. The van der Waals surface area contributed by atoms with Gasteiger partial charge in [0.15, 0.2) is 0 Å². The predicted molar refractivity (Wildman–Crippen MR) is 76.5 cm³/mol. The molecule has 0 aromatic heterocycles. The highest BCUT2D eigenvalue weighted by molar-refractivity contribution is 7.85. The Kier molecular flexibility index (Phi) is 7.53. The van der Waals surface area contributed by atoms with Crippen molar-refractivity contribution >= 4 is 22.4 Å². The molecule has 0 amide bonds. The molecule has 0 bridgehead atoms. The van der Waals surface area contributed by atoms with Gasteiger partial charge in [-0.15, -0.1) is 0 Å². The second-order valence-electron chi connectivity index (χ2n) is 4.25. The van der Waals surface area contributed by atoms with Gasteiger partial charge in [0, 0.05) is 23.3 Å². The molecule has 19 heavy (non-hydrogen) atoms. The van der Waals surface area contributed by atoms with Crippen molar-refractivity contribution in [3.8, 4) is 0 Å². The lowest BCUT2D eigenvalue weighted by Crippen LogP contribution is -2.35. The van der Waals surface area contributed by atoms with Gasteiger partial charge in [-0.3, -0.25) is 4.21 Å². The molecule has 0 spiro atoms. The first-order chi connectivity index (χ1) is 9.08. The lowest BCUT2D eigenvalue weighted by molar-refractivity contribution is 0.270. The van der Waals surface area contributed by atoms with E-state index in [-0.39, 0.29) is 17.7 Å². The van der Waals surface area contributed by atoms with Gasteiger partial charge in [-0.25, -0.2) is 4.39 Å². The van der Waals surface area contributed by atoms with Gasteiger partial charge in [-0.2, -0.15) is 0 Å². The minimum atomic E-state index is -1.26. The summed E-state index contributed by atoms with van der Waals surface area (Å²) in [5.41, 5.74) is 0.